The quantitative estimate of drug-likeness (QED) is 0.597. The molecule has 0 bridgehead atoms. The predicted octanol–water partition coefficient (Wildman–Crippen LogP) is 2.29. The minimum absolute atomic E-state index is 0.252. The summed E-state index contributed by atoms with van der Waals surface area (Å²) < 4.78 is 2.05. The van der Waals surface area contributed by atoms with Crippen molar-refractivity contribution in [1.82, 2.24) is 14.9 Å². The zero-order valence-corrected chi connectivity index (χ0v) is 10.9. The van der Waals surface area contributed by atoms with Gasteiger partial charge in [-0.3, -0.25) is 0 Å². The summed E-state index contributed by atoms with van der Waals surface area (Å²) in [5.41, 5.74) is 0.252. The van der Waals surface area contributed by atoms with Crippen LogP contribution in [0.4, 0.5) is 0 Å². The van der Waals surface area contributed by atoms with Crippen molar-refractivity contribution < 1.29 is 0 Å². The van der Waals surface area contributed by atoms with Gasteiger partial charge in [0.15, 0.2) is 5.16 Å². The van der Waals surface area contributed by atoms with E-state index in [0.29, 0.717) is 0 Å². The fourth-order valence-electron chi connectivity index (χ4n) is 1.15. The van der Waals surface area contributed by atoms with Crippen molar-refractivity contribution in [2.45, 2.75) is 37.9 Å². The van der Waals surface area contributed by atoms with E-state index < -0.39 is 0 Å². The van der Waals surface area contributed by atoms with Crippen LogP contribution in [-0.4, -0.2) is 27.4 Å². The molecule has 0 fully saturated rings. The van der Waals surface area contributed by atoms with Crippen LogP contribution < -0.4 is 5.32 Å². The molecule has 0 spiro atoms. The first-order chi connectivity index (χ1) is 7.05. The van der Waals surface area contributed by atoms with E-state index in [1.807, 2.05) is 19.4 Å². The number of hydrogen-bond donors (Lipinski definition) is 1. The Hall–Kier alpha value is -0.480. The summed E-state index contributed by atoms with van der Waals surface area (Å²) >= 11 is 1.79. The van der Waals surface area contributed by atoms with Gasteiger partial charge in [-0.05, 0) is 20.3 Å². The summed E-state index contributed by atoms with van der Waals surface area (Å²) in [6.45, 7) is 7.70. The van der Waals surface area contributed by atoms with Gasteiger partial charge in [-0.15, -0.1) is 0 Å². The van der Waals surface area contributed by atoms with Gasteiger partial charge in [0.05, 0.1) is 0 Å². The summed E-state index contributed by atoms with van der Waals surface area (Å²) in [6.07, 6.45) is 4.97. The van der Waals surface area contributed by atoms with Gasteiger partial charge >= 0.3 is 0 Å². The van der Waals surface area contributed by atoms with Crippen LogP contribution in [0.1, 0.15) is 27.2 Å². The molecular weight excluding hydrogens is 206 g/mol. The topological polar surface area (TPSA) is 29.9 Å². The molecule has 0 saturated carbocycles. The first kappa shape index (κ1) is 12.6. The first-order valence-electron chi connectivity index (χ1n) is 5.40. The second-order valence-corrected chi connectivity index (χ2v) is 5.40. The molecule has 4 heteroatoms. The lowest BCUT2D eigenvalue weighted by Gasteiger charge is -2.24. The van der Waals surface area contributed by atoms with Crippen molar-refractivity contribution in [3.8, 4) is 0 Å². The molecule has 1 N–H and O–H groups in total. The normalized spacial score (nSPS) is 12.0. The molecule has 0 aliphatic carbocycles. The summed E-state index contributed by atoms with van der Waals surface area (Å²) in [7, 11) is 2.03. The lowest BCUT2D eigenvalue weighted by Crippen LogP contribution is -2.39. The Labute approximate surface area is 96.7 Å². The lowest BCUT2D eigenvalue weighted by atomic mass is 10.0. The van der Waals surface area contributed by atoms with Crippen LogP contribution in [0.2, 0.25) is 0 Å². The van der Waals surface area contributed by atoms with Crippen LogP contribution in [0.5, 0.6) is 0 Å². The van der Waals surface area contributed by atoms with Crippen molar-refractivity contribution >= 4 is 11.8 Å². The zero-order chi connectivity index (χ0) is 11.3. The fourth-order valence-corrected chi connectivity index (χ4v) is 1.93. The summed E-state index contributed by atoms with van der Waals surface area (Å²) in [5, 5.41) is 4.62. The number of aromatic nitrogens is 2. The van der Waals surface area contributed by atoms with Crippen molar-refractivity contribution in [3.63, 3.8) is 0 Å². The van der Waals surface area contributed by atoms with E-state index in [2.05, 4.69) is 35.6 Å². The van der Waals surface area contributed by atoms with Crippen LogP contribution in [0.25, 0.3) is 0 Å². The van der Waals surface area contributed by atoms with Gasteiger partial charge in [-0.25, -0.2) is 4.98 Å². The first-order valence-corrected chi connectivity index (χ1v) is 6.39. The molecule has 0 atom stereocenters. The molecule has 0 aliphatic rings. The van der Waals surface area contributed by atoms with E-state index in [1.165, 1.54) is 0 Å². The highest BCUT2D eigenvalue weighted by atomic mass is 32.2. The van der Waals surface area contributed by atoms with E-state index in [9.17, 15) is 0 Å². The molecular formula is C11H21N3S. The number of imidazole rings is 1. The molecule has 0 aromatic carbocycles. The van der Waals surface area contributed by atoms with Gasteiger partial charge in [0, 0.05) is 37.3 Å². The maximum Gasteiger partial charge on any atom is 0.167 e. The monoisotopic (exact) mass is 227 g/mol. The smallest absolute Gasteiger partial charge is 0.167 e. The molecule has 1 aromatic heterocycles. The largest absolute Gasteiger partial charge is 0.329 e. The standard InChI is InChI=1S/C11H21N3S/c1-5-11(2,3)13-7-9-15-10-12-6-8-14(10)4/h6,8,13H,5,7,9H2,1-4H3. The molecule has 0 amide bonds. The predicted molar refractivity (Wildman–Crippen MR) is 66.3 cm³/mol. The molecule has 86 valence electrons. The molecule has 0 saturated heterocycles. The molecule has 0 radical (unpaired) electrons. The number of aryl methyl sites for hydroxylation is 1. The van der Waals surface area contributed by atoms with E-state index in [4.69, 9.17) is 0 Å². The second kappa shape index (κ2) is 5.56. The summed E-state index contributed by atoms with van der Waals surface area (Å²) in [5.74, 6) is 1.06. The number of rotatable bonds is 6. The van der Waals surface area contributed by atoms with E-state index in [-0.39, 0.29) is 5.54 Å². The molecule has 1 aromatic rings. The van der Waals surface area contributed by atoms with Gasteiger partial charge in [0.25, 0.3) is 0 Å². The Bertz CT molecular complexity index is 294. The number of nitrogens with zero attached hydrogens (tertiary/aromatic N) is 2. The second-order valence-electron chi connectivity index (χ2n) is 4.33. The molecule has 1 heterocycles. The highest BCUT2D eigenvalue weighted by Gasteiger charge is 2.12. The third-order valence-electron chi connectivity index (χ3n) is 2.60. The van der Waals surface area contributed by atoms with Crippen molar-refractivity contribution in [2.24, 2.45) is 7.05 Å². The number of nitrogens with one attached hydrogen (secondary N) is 1. The highest BCUT2D eigenvalue weighted by Crippen LogP contribution is 2.14. The molecule has 3 nitrogen and oxygen atoms in total. The van der Waals surface area contributed by atoms with Crippen LogP contribution in [-0.2, 0) is 7.05 Å². The van der Waals surface area contributed by atoms with Crippen LogP contribution in [0.3, 0.4) is 0 Å². The number of thioether (sulfide) groups is 1. The minimum Gasteiger partial charge on any atom is -0.329 e. The maximum atomic E-state index is 4.27. The highest BCUT2D eigenvalue weighted by molar-refractivity contribution is 7.99. The minimum atomic E-state index is 0.252. The van der Waals surface area contributed by atoms with E-state index >= 15 is 0 Å². The van der Waals surface area contributed by atoms with Crippen LogP contribution in [0, 0.1) is 0 Å². The van der Waals surface area contributed by atoms with Gasteiger partial charge in [-0.2, -0.15) is 0 Å². The molecule has 0 unspecified atom stereocenters. The van der Waals surface area contributed by atoms with Gasteiger partial charge < -0.3 is 9.88 Å². The van der Waals surface area contributed by atoms with Crippen molar-refractivity contribution in [2.75, 3.05) is 12.3 Å². The third kappa shape index (κ3) is 4.26. The molecule has 1 rings (SSSR count). The Morgan fingerprint density at radius 2 is 2.27 bits per heavy atom. The van der Waals surface area contributed by atoms with Crippen molar-refractivity contribution in [3.05, 3.63) is 12.4 Å². The van der Waals surface area contributed by atoms with Crippen molar-refractivity contribution in [1.29, 1.82) is 0 Å². The van der Waals surface area contributed by atoms with Gasteiger partial charge in [0.1, 0.15) is 0 Å². The fraction of sp³-hybridized carbons (Fsp3) is 0.727. The Morgan fingerprint density at radius 1 is 1.53 bits per heavy atom. The average Bonchev–Trinajstić information content (AvgIpc) is 2.59. The van der Waals surface area contributed by atoms with Crippen LogP contribution in [0.15, 0.2) is 17.6 Å². The number of hydrogen-bond acceptors (Lipinski definition) is 3. The SMILES string of the molecule is CCC(C)(C)NCCSc1nccn1C. The summed E-state index contributed by atoms with van der Waals surface area (Å²) in [6, 6.07) is 0. The molecule has 0 aliphatic heterocycles. The van der Waals surface area contributed by atoms with E-state index in [0.717, 1.165) is 23.9 Å². The average molecular weight is 227 g/mol. The Morgan fingerprint density at radius 3 is 2.80 bits per heavy atom. The maximum absolute atomic E-state index is 4.27. The lowest BCUT2D eigenvalue weighted by molar-refractivity contribution is 0.388. The van der Waals surface area contributed by atoms with E-state index in [1.54, 1.807) is 11.8 Å². The zero-order valence-electron chi connectivity index (χ0n) is 10.1. The third-order valence-corrected chi connectivity index (χ3v) is 3.66. The molecule has 15 heavy (non-hydrogen) atoms. The summed E-state index contributed by atoms with van der Waals surface area (Å²) in [4.78, 5) is 4.27. The Balaban J connectivity index is 2.20. The Kier molecular flexibility index (Phi) is 4.67. The van der Waals surface area contributed by atoms with Crippen LogP contribution >= 0.6 is 11.8 Å². The van der Waals surface area contributed by atoms with Gasteiger partial charge in [-0.1, -0.05) is 18.7 Å². The van der Waals surface area contributed by atoms with Gasteiger partial charge in [0.2, 0.25) is 0 Å².